The third-order valence-corrected chi connectivity index (χ3v) is 5.18. The van der Waals surface area contributed by atoms with Crippen LogP contribution < -0.4 is 5.32 Å². The van der Waals surface area contributed by atoms with Crippen LogP contribution in [0.3, 0.4) is 0 Å². The number of piperazine rings is 1. The summed E-state index contributed by atoms with van der Waals surface area (Å²) in [7, 11) is 0. The van der Waals surface area contributed by atoms with Gasteiger partial charge in [-0.2, -0.15) is 0 Å². The Morgan fingerprint density at radius 1 is 1.16 bits per heavy atom. The van der Waals surface area contributed by atoms with Crippen LogP contribution in [0, 0.1) is 16.0 Å². The van der Waals surface area contributed by atoms with E-state index in [1.807, 2.05) is 6.07 Å². The summed E-state index contributed by atoms with van der Waals surface area (Å²) in [5.41, 5.74) is 0.793. The minimum atomic E-state index is -0.492. The monoisotopic (exact) mass is 391 g/mol. The molecule has 1 aromatic rings. The fourth-order valence-electron chi connectivity index (χ4n) is 4.06. The van der Waals surface area contributed by atoms with Crippen LogP contribution >= 0.6 is 24.8 Å². The van der Waals surface area contributed by atoms with Crippen LogP contribution in [-0.4, -0.2) is 41.1 Å². The third kappa shape index (κ3) is 5.20. The first-order valence-electron chi connectivity index (χ1n) is 8.59. The normalized spacial score (nSPS) is 20.2. The van der Waals surface area contributed by atoms with E-state index in [-0.39, 0.29) is 42.3 Å². The molecule has 0 unspecified atom stereocenters. The van der Waals surface area contributed by atoms with E-state index in [0.717, 1.165) is 31.7 Å². The molecule has 2 fully saturated rings. The molecular weight excluding hydrogens is 365 g/mol. The Kier molecular flexibility index (Phi) is 8.93. The van der Waals surface area contributed by atoms with Gasteiger partial charge in [0.15, 0.2) is 5.75 Å². The quantitative estimate of drug-likeness (QED) is 0.604. The van der Waals surface area contributed by atoms with Gasteiger partial charge in [0.25, 0.3) is 0 Å². The average molecular weight is 392 g/mol. The standard InChI is InChI=1S/C17H25N3O3.2ClH/c21-16-7-6-14(12-15(16)20(22)23)17(13-4-2-1-3-5-13)19-10-8-18-9-11-19;;/h6-7,12-13,17-18,21H,1-5,8-11H2;2*1H/t17-;;/m1../s1. The minimum absolute atomic E-state index is 0. The summed E-state index contributed by atoms with van der Waals surface area (Å²) >= 11 is 0. The zero-order valence-corrected chi connectivity index (χ0v) is 15.9. The Bertz CT molecular complexity index is 544. The fraction of sp³-hybridized carbons (Fsp3) is 0.647. The Balaban J connectivity index is 0.00000156. The molecule has 1 saturated carbocycles. The summed E-state index contributed by atoms with van der Waals surface area (Å²) in [4.78, 5) is 13.1. The van der Waals surface area contributed by atoms with Crippen molar-refractivity contribution in [3.63, 3.8) is 0 Å². The van der Waals surface area contributed by atoms with Gasteiger partial charge in [0.2, 0.25) is 0 Å². The number of nitro groups is 1. The number of phenolic OH excluding ortho intramolecular Hbond substituents is 1. The Labute approximate surface area is 160 Å². The molecule has 0 aromatic heterocycles. The van der Waals surface area contributed by atoms with Crippen LogP contribution in [0.2, 0.25) is 0 Å². The molecule has 1 aliphatic carbocycles. The minimum Gasteiger partial charge on any atom is -0.502 e. The van der Waals surface area contributed by atoms with Crippen molar-refractivity contribution in [1.82, 2.24) is 10.2 Å². The van der Waals surface area contributed by atoms with Gasteiger partial charge < -0.3 is 10.4 Å². The lowest BCUT2D eigenvalue weighted by molar-refractivity contribution is -0.386. The topological polar surface area (TPSA) is 78.6 Å². The summed E-state index contributed by atoms with van der Waals surface area (Å²) in [6.07, 6.45) is 6.15. The molecule has 25 heavy (non-hydrogen) atoms. The van der Waals surface area contributed by atoms with Crippen LogP contribution in [0.25, 0.3) is 0 Å². The number of phenols is 1. The van der Waals surface area contributed by atoms with E-state index in [9.17, 15) is 15.2 Å². The highest BCUT2D eigenvalue weighted by Crippen LogP contribution is 2.40. The average Bonchev–Trinajstić information content (AvgIpc) is 2.58. The number of nitro benzene ring substituents is 1. The van der Waals surface area contributed by atoms with Gasteiger partial charge in [-0.25, -0.2) is 0 Å². The summed E-state index contributed by atoms with van der Waals surface area (Å²) in [6.45, 7) is 3.86. The maximum Gasteiger partial charge on any atom is 0.311 e. The summed E-state index contributed by atoms with van der Waals surface area (Å²) in [6, 6.07) is 5.14. The van der Waals surface area contributed by atoms with E-state index >= 15 is 0 Å². The second-order valence-corrected chi connectivity index (χ2v) is 6.63. The number of rotatable bonds is 4. The molecular formula is C17H27Cl2N3O3. The van der Waals surface area contributed by atoms with Crippen molar-refractivity contribution in [3.05, 3.63) is 33.9 Å². The lowest BCUT2D eigenvalue weighted by Crippen LogP contribution is -2.47. The fourth-order valence-corrected chi connectivity index (χ4v) is 4.06. The van der Waals surface area contributed by atoms with Crippen LogP contribution in [0.15, 0.2) is 18.2 Å². The summed E-state index contributed by atoms with van der Waals surface area (Å²) in [5.74, 6) is 0.299. The number of nitrogens with zero attached hydrogens (tertiary/aromatic N) is 2. The van der Waals surface area contributed by atoms with E-state index < -0.39 is 4.92 Å². The van der Waals surface area contributed by atoms with Gasteiger partial charge in [0.05, 0.1) is 4.92 Å². The van der Waals surface area contributed by atoms with Crippen LogP contribution in [0.5, 0.6) is 5.75 Å². The van der Waals surface area contributed by atoms with Crippen molar-refractivity contribution in [2.24, 2.45) is 5.92 Å². The highest BCUT2D eigenvalue weighted by atomic mass is 35.5. The van der Waals surface area contributed by atoms with Crippen LogP contribution in [-0.2, 0) is 0 Å². The number of hydrogen-bond donors (Lipinski definition) is 2. The molecule has 1 atom stereocenters. The molecule has 2 N–H and O–H groups in total. The lowest BCUT2D eigenvalue weighted by atomic mass is 9.80. The molecule has 142 valence electrons. The second kappa shape index (κ2) is 10.2. The number of aromatic hydroxyl groups is 1. The SMILES string of the molecule is Cl.Cl.O=[N+]([O-])c1cc([C@@H](C2CCCCC2)N2CCNCC2)ccc1O. The molecule has 1 aromatic carbocycles. The predicted octanol–water partition coefficient (Wildman–Crippen LogP) is 3.67. The third-order valence-electron chi connectivity index (χ3n) is 5.18. The van der Waals surface area contributed by atoms with Crippen molar-refractivity contribution < 1.29 is 10.0 Å². The molecule has 1 aliphatic heterocycles. The van der Waals surface area contributed by atoms with Gasteiger partial charge >= 0.3 is 5.69 Å². The van der Waals surface area contributed by atoms with Gasteiger partial charge in [0.1, 0.15) is 0 Å². The van der Waals surface area contributed by atoms with E-state index in [2.05, 4.69) is 10.2 Å². The summed E-state index contributed by atoms with van der Waals surface area (Å²) < 4.78 is 0. The van der Waals surface area contributed by atoms with Gasteiger partial charge in [-0.05, 0) is 30.4 Å². The zero-order valence-electron chi connectivity index (χ0n) is 14.2. The van der Waals surface area contributed by atoms with Gasteiger partial charge in [-0.15, -0.1) is 24.8 Å². The van der Waals surface area contributed by atoms with E-state index in [1.54, 1.807) is 6.07 Å². The molecule has 0 bridgehead atoms. The highest BCUT2D eigenvalue weighted by molar-refractivity contribution is 5.85. The molecule has 8 heteroatoms. The second-order valence-electron chi connectivity index (χ2n) is 6.63. The van der Waals surface area contributed by atoms with Crippen molar-refractivity contribution in [3.8, 4) is 5.75 Å². The first-order valence-corrected chi connectivity index (χ1v) is 8.59. The van der Waals surface area contributed by atoms with E-state index in [0.29, 0.717) is 5.92 Å². The maximum atomic E-state index is 11.2. The molecule has 0 spiro atoms. The molecule has 2 aliphatic rings. The highest BCUT2D eigenvalue weighted by Gasteiger charge is 2.32. The van der Waals surface area contributed by atoms with Crippen LogP contribution in [0.1, 0.15) is 43.7 Å². The Morgan fingerprint density at radius 2 is 1.80 bits per heavy atom. The van der Waals surface area contributed by atoms with Gasteiger partial charge in [-0.3, -0.25) is 15.0 Å². The van der Waals surface area contributed by atoms with E-state index in [4.69, 9.17) is 0 Å². The Morgan fingerprint density at radius 3 is 2.40 bits per heavy atom. The molecule has 3 rings (SSSR count). The van der Waals surface area contributed by atoms with Crippen molar-refractivity contribution in [1.29, 1.82) is 0 Å². The zero-order chi connectivity index (χ0) is 16.2. The predicted molar refractivity (Wildman–Crippen MR) is 103 cm³/mol. The smallest absolute Gasteiger partial charge is 0.311 e. The van der Waals surface area contributed by atoms with E-state index in [1.165, 1.54) is 38.2 Å². The number of hydrogen-bond acceptors (Lipinski definition) is 5. The molecule has 0 amide bonds. The first-order chi connectivity index (χ1) is 11.2. The van der Waals surface area contributed by atoms with Gasteiger partial charge in [0, 0.05) is 38.3 Å². The van der Waals surface area contributed by atoms with Crippen LogP contribution in [0.4, 0.5) is 5.69 Å². The van der Waals surface area contributed by atoms with Crippen molar-refractivity contribution in [2.45, 2.75) is 38.1 Å². The number of benzene rings is 1. The number of halogens is 2. The van der Waals surface area contributed by atoms with Crippen molar-refractivity contribution in [2.75, 3.05) is 26.2 Å². The molecule has 6 nitrogen and oxygen atoms in total. The molecule has 1 heterocycles. The maximum absolute atomic E-state index is 11.2. The summed E-state index contributed by atoms with van der Waals surface area (Å²) in [5, 5.41) is 24.3. The molecule has 0 radical (unpaired) electrons. The lowest BCUT2D eigenvalue weighted by Gasteiger charge is -2.41. The largest absolute Gasteiger partial charge is 0.502 e. The molecule has 1 saturated heterocycles. The van der Waals surface area contributed by atoms with Crippen molar-refractivity contribution >= 4 is 30.5 Å². The Hall–Kier alpha value is -1.08. The first kappa shape index (κ1) is 22.0. The number of nitrogens with one attached hydrogen (secondary N) is 1. The van der Waals surface area contributed by atoms with Gasteiger partial charge in [-0.1, -0.05) is 25.3 Å².